The van der Waals surface area contributed by atoms with Gasteiger partial charge in [-0.3, -0.25) is 15.5 Å². The Hall–Kier alpha value is -2.00. The molecule has 144 valence electrons. The molecule has 0 aliphatic heterocycles. The lowest BCUT2D eigenvalue weighted by molar-refractivity contribution is -0.384. The molecule has 0 saturated heterocycles. The number of hydrogen-bond acceptors (Lipinski definition) is 6. The van der Waals surface area contributed by atoms with Crippen molar-refractivity contribution in [1.29, 1.82) is 0 Å². The molecule has 1 fully saturated rings. The number of nitrogens with one attached hydrogen (secondary N) is 1. The van der Waals surface area contributed by atoms with E-state index < -0.39 is 14.9 Å². The van der Waals surface area contributed by atoms with Gasteiger partial charge in [-0.15, -0.1) is 0 Å². The Morgan fingerprint density at radius 1 is 1.31 bits per heavy atom. The highest BCUT2D eigenvalue weighted by Crippen LogP contribution is 2.29. The third-order valence-corrected chi connectivity index (χ3v) is 6.76. The van der Waals surface area contributed by atoms with Crippen molar-refractivity contribution in [2.24, 2.45) is 11.0 Å². The van der Waals surface area contributed by atoms with Gasteiger partial charge in [0.05, 0.1) is 9.82 Å². The number of sulfonamides is 1. The zero-order chi connectivity index (χ0) is 19.3. The fourth-order valence-electron chi connectivity index (χ4n) is 3.10. The number of hydrogen-bond donors (Lipinski definition) is 1. The number of nitrogens with zero attached hydrogens (tertiary/aromatic N) is 3. The summed E-state index contributed by atoms with van der Waals surface area (Å²) in [6, 6.07) is 3.89. The Balaban J connectivity index is 2.35. The van der Waals surface area contributed by atoms with E-state index in [2.05, 4.69) is 17.5 Å². The van der Waals surface area contributed by atoms with Crippen LogP contribution in [0, 0.1) is 16.0 Å². The molecule has 1 N–H and O–H groups in total. The van der Waals surface area contributed by atoms with Gasteiger partial charge in [-0.1, -0.05) is 27.2 Å². The molecule has 0 spiro atoms. The highest BCUT2D eigenvalue weighted by atomic mass is 32.2. The van der Waals surface area contributed by atoms with E-state index in [9.17, 15) is 18.5 Å². The second-order valence-electron chi connectivity index (χ2n) is 6.39. The molecule has 26 heavy (non-hydrogen) atoms. The van der Waals surface area contributed by atoms with Crippen LogP contribution in [-0.2, 0) is 10.0 Å². The number of anilines is 1. The van der Waals surface area contributed by atoms with Crippen molar-refractivity contribution in [2.75, 3.05) is 18.5 Å². The molecule has 1 atom stereocenters. The van der Waals surface area contributed by atoms with Gasteiger partial charge in [0.2, 0.25) is 10.0 Å². The molecule has 0 heterocycles. The van der Waals surface area contributed by atoms with Crippen LogP contribution in [0.1, 0.15) is 46.5 Å². The molecular weight excluding hydrogens is 356 g/mol. The molecule has 1 aromatic rings. The minimum atomic E-state index is -3.75. The maximum absolute atomic E-state index is 12.6. The normalized spacial score (nSPS) is 19.7. The smallest absolute Gasteiger partial charge is 0.272 e. The fourth-order valence-corrected chi connectivity index (χ4v) is 4.58. The van der Waals surface area contributed by atoms with E-state index in [1.54, 1.807) is 13.8 Å². The maximum atomic E-state index is 12.6. The predicted molar refractivity (Wildman–Crippen MR) is 102 cm³/mol. The SMILES string of the molecule is CCN(CC)S(=O)(=O)c1ccc(NN=C2CCCC[C@H]2C)c([N+](=O)[O-])c1. The zero-order valence-electron chi connectivity index (χ0n) is 15.4. The minimum absolute atomic E-state index is 0.0860. The number of rotatable bonds is 7. The topological polar surface area (TPSA) is 105 Å². The number of benzene rings is 1. The van der Waals surface area contributed by atoms with Crippen molar-refractivity contribution < 1.29 is 13.3 Å². The summed E-state index contributed by atoms with van der Waals surface area (Å²) in [4.78, 5) is 10.8. The van der Waals surface area contributed by atoms with Gasteiger partial charge in [0.25, 0.3) is 5.69 Å². The van der Waals surface area contributed by atoms with E-state index >= 15 is 0 Å². The molecule has 8 nitrogen and oxygen atoms in total. The fraction of sp³-hybridized carbons (Fsp3) is 0.588. The summed E-state index contributed by atoms with van der Waals surface area (Å²) < 4.78 is 26.4. The Morgan fingerprint density at radius 2 is 2.00 bits per heavy atom. The van der Waals surface area contributed by atoms with Crippen LogP contribution in [0.15, 0.2) is 28.2 Å². The van der Waals surface area contributed by atoms with Gasteiger partial charge in [0.1, 0.15) is 5.69 Å². The van der Waals surface area contributed by atoms with Crippen molar-refractivity contribution >= 4 is 27.1 Å². The first kappa shape index (κ1) is 20.3. The van der Waals surface area contributed by atoms with Crippen molar-refractivity contribution in [2.45, 2.75) is 51.3 Å². The highest BCUT2D eigenvalue weighted by Gasteiger charge is 2.26. The van der Waals surface area contributed by atoms with E-state index in [4.69, 9.17) is 0 Å². The lowest BCUT2D eigenvalue weighted by atomic mass is 9.89. The molecule has 2 rings (SSSR count). The average molecular weight is 382 g/mol. The lowest BCUT2D eigenvalue weighted by Gasteiger charge is -2.20. The van der Waals surface area contributed by atoms with Gasteiger partial charge < -0.3 is 0 Å². The van der Waals surface area contributed by atoms with Gasteiger partial charge in [0, 0.05) is 24.9 Å². The van der Waals surface area contributed by atoms with Crippen LogP contribution < -0.4 is 5.43 Å². The molecule has 0 unspecified atom stereocenters. The first-order valence-corrected chi connectivity index (χ1v) is 10.4. The maximum Gasteiger partial charge on any atom is 0.295 e. The van der Waals surface area contributed by atoms with Gasteiger partial charge >= 0.3 is 0 Å². The number of nitro groups is 1. The first-order valence-electron chi connectivity index (χ1n) is 8.92. The van der Waals surface area contributed by atoms with Crippen molar-refractivity contribution in [3.05, 3.63) is 28.3 Å². The van der Waals surface area contributed by atoms with Crippen LogP contribution in [0.4, 0.5) is 11.4 Å². The van der Waals surface area contributed by atoms with Crippen LogP contribution in [0.3, 0.4) is 0 Å². The average Bonchev–Trinajstić information content (AvgIpc) is 2.61. The van der Waals surface area contributed by atoms with E-state index in [1.165, 1.54) is 16.4 Å². The number of nitro benzene ring substituents is 1. The molecular formula is C17H26N4O4S. The Labute approximate surface area is 154 Å². The van der Waals surface area contributed by atoms with E-state index in [0.29, 0.717) is 19.0 Å². The minimum Gasteiger partial charge on any atom is -0.272 e. The molecule has 1 aliphatic rings. The third kappa shape index (κ3) is 4.39. The van der Waals surface area contributed by atoms with Gasteiger partial charge in [-0.25, -0.2) is 8.42 Å². The quantitative estimate of drug-likeness (QED) is 0.573. The van der Waals surface area contributed by atoms with E-state index in [0.717, 1.165) is 37.5 Å². The van der Waals surface area contributed by atoms with Crippen LogP contribution in [-0.4, -0.2) is 36.4 Å². The van der Waals surface area contributed by atoms with Crippen LogP contribution >= 0.6 is 0 Å². The van der Waals surface area contributed by atoms with E-state index in [1.807, 2.05) is 0 Å². The summed E-state index contributed by atoms with van der Waals surface area (Å²) in [5.74, 6) is 0.345. The van der Waals surface area contributed by atoms with Crippen molar-refractivity contribution in [3.63, 3.8) is 0 Å². The first-order chi connectivity index (χ1) is 12.3. The molecule has 9 heteroatoms. The Kier molecular flexibility index (Phi) is 6.71. The van der Waals surface area contributed by atoms with Crippen LogP contribution in [0.2, 0.25) is 0 Å². The summed E-state index contributed by atoms with van der Waals surface area (Å²) in [5, 5.41) is 15.8. The highest BCUT2D eigenvalue weighted by molar-refractivity contribution is 7.89. The zero-order valence-corrected chi connectivity index (χ0v) is 16.3. The summed E-state index contributed by atoms with van der Waals surface area (Å²) in [6.45, 7) is 6.16. The van der Waals surface area contributed by atoms with Gasteiger partial charge in [-0.05, 0) is 37.3 Å². The number of hydrazone groups is 1. The Morgan fingerprint density at radius 3 is 2.58 bits per heavy atom. The summed E-state index contributed by atoms with van der Waals surface area (Å²) in [5.41, 5.74) is 3.65. The molecule has 0 radical (unpaired) electrons. The monoisotopic (exact) mass is 382 g/mol. The van der Waals surface area contributed by atoms with Gasteiger partial charge in [-0.2, -0.15) is 9.41 Å². The summed E-state index contributed by atoms with van der Waals surface area (Å²) in [6.07, 6.45) is 4.16. The second-order valence-corrected chi connectivity index (χ2v) is 8.33. The molecule has 0 amide bonds. The predicted octanol–water partition coefficient (Wildman–Crippen LogP) is 3.60. The molecule has 1 aromatic carbocycles. The molecule has 0 bridgehead atoms. The summed E-state index contributed by atoms with van der Waals surface area (Å²) >= 11 is 0. The van der Waals surface area contributed by atoms with Crippen LogP contribution in [0.5, 0.6) is 0 Å². The van der Waals surface area contributed by atoms with E-state index in [-0.39, 0.29) is 16.3 Å². The third-order valence-electron chi connectivity index (χ3n) is 4.72. The molecule has 1 aliphatic carbocycles. The summed E-state index contributed by atoms with van der Waals surface area (Å²) in [7, 11) is -3.75. The van der Waals surface area contributed by atoms with Crippen molar-refractivity contribution in [1.82, 2.24) is 4.31 Å². The second kappa shape index (κ2) is 8.59. The Bertz CT molecular complexity index is 788. The standard InChI is InChI=1S/C17H26N4O4S/c1-4-20(5-2)26(24,25)14-10-11-16(17(12-14)21(22)23)19-18-15-9-7-6-8-13(15)3/h10-13,19H,4-9H2,1-3H3/t13-/m1/s1. The van der Waals surface area contributed by atoms with Gasteiger partial charge in [0.15, 0.2) is 0 Å². The lowest BCUT2D eigenvalue weighted by Crippen LogP contribution is -2.30. The largest absolute Gasteiger partial charge is 0.295 e. The van der Waals surface area contributed by atoms with Crippen LogP contribution in [0.25, 0.3) is 0 Å². The molecule has 0 aromatic heterocycles. The molecule has 1 saturated carbocycles. The van der Waals surface area contributed by atoms with Crippen molar-refractivity contribution in [3.8, 4) is 0 Å².